The summed E-state index contributed by atoms with van der Waals surface area (Å²) >= 11 is 0. The largest absolute Gasteiger partial charge is 0.472 e. The van der Waals surface area contributed by atoms with E-state index in [4.69, 9.17) is 4.42 Å². The lowest BCUT2D eigenvalue weighted by molar-refractivity contribution is -0.122. The summed E-state index contributed by atoms with van der Waals surface area (Å²) in [6.07, 6.45) is 5.23. The Hall–Kier alpha value is -1.82. The molecule has 1 fully saturated rings. The Morgan fingerprint density at radius 3 is 2.65 bits per heavy atom. The second-order valence-electron chi connectivity index (χ2n) is 6.52. The van der Waals surface area contributed by atoms with Crippen LogP contribution >= 0.6 is 0 Å². The minimum Gasteiger partial charge on any atom is -0.472 e. The van der Waals surface area contributed by atoms with Crippen molar-refractivity contribution in [2.24, 2.45) is 5.92 Å². The third kappa shape index (κ3) is 5.10. The van der Waals surface area contributed by atoms with Crippen molar-refractivity contribution in [1.82, 2.24) is 15.5 Å². The van der Waals surface area contributed by atoms with Crippen molar-refractivity contribution in [2.75, 3.05) is 19.6 Å². The molecule has 0 radical (unpaired) electrons. The van der Waals surface area contributed by atoms with E-state index >= 15 is 0 Å². The summed E-state index contributed by atoms with van der Waals surface area (Å²) in [5.74, 6) is 0.324. The average molecular weight is 321 g/mol. The molecule has 1 aliphatic heterocycles. The van der Waals surface area contributed by atoms with Gasteiger partial charge in [-0.3, -0.25) is 14.5 Å². The molecule has 0 unspecified atom stereocenters. The fourth-order valence-electron chi connectivity index (χ4n) is 2.74. The van der Waals surface area contributed by atoms with Gasteiger partial charge in [0.1, 0.15) is 12.3 Å². The zero-order valence-corrected chi connectivity index (χ0v) is 14.2. The third-order valence-corrected chi connectivity index (χ3v) is 4.54. The fraction of sp³-hybridized carbons (Fsp3) is 0.647. The molecule has 128 valence electrons. The van der Waals surface area contributed by atoms with Crippen molar-refractivity contribution in [3.05, 3.63) is 24.2 Å². The van der Waals surface area contributed by atoms with Crippen LogP contribution in [-0.4, -0.2) is 48.4 Å². The number of nitrogens with one attached hydrogen (secondary N) is 2. The van der Waals surface area contributed by atoms with E-state index in [2.05, 4.69) is 29.4 Å². The topological polar surface area (TPSA) is 74.6 Å². The first-order valence-electron chi connectivity index (χ1n) is 8.32. The van der Waals surface area contributed by atoms with Crippen LogP contribution in [-0.2, 0) is 4.79 Å². The van der Waals surface area contributed by atoms with Gasteiger partial charge in [0.05, 0.1) is 11.8 Å². The van der Waals surface area contributed by atoms with Crippen molar-refractivity contribution in [2.45, 2.75) is 45.7 Å². The molecule has 2 rings (SSSR count). The van der Waals surface area contributed by atoms with Crippen LogP contribution in [0.1, 0.15) is 44.0 Å². The molecule has 1 aliphatic rings. The Morgan fingerprint density at radius 1 is 1.35 bits per heavy atom. The standard InChI is InChI=1S/C17H27N3O3/c1-12-4-7-20(8-5-12)13(2)10-18-16(21)14(3)19-17(22)15-6-9-23-11-15/h6,9,11-14H,4-5,7-8,10H2,1-3H3,(H,18,21)(H,19,22)/t13-,14+/m0/s1. The molecule has 1 aromatic rings. The predicted molar refractivity (Wildman–Crippen MR) is 88.1 cm³/mol. The van der Waals surface area contributed by atoms with Gasteiger partial charge in [0, 0.05) is 12.6 Å². The van der Waals surface area contributed by atoms with Gasteiger partial charge in [-0.25, -0.2) is 0 Å². The van der Waals surface area contributed by atoms with Gasteiger partial charge in [0.15, 0.2) is 0 Å². The molecule has 2 amide bonds. The monoisotopic (exact) mass is 321 g/mol. The van der Waals surface area contributed by atoms with Crippen molar-refractivity contribution in [3.8, 4) is 0 Å². The summed E-state index contributed by atoms with van der Waals surface area (Å²) in [5.41, 5.74) is 0.417. The Kier molecular flexibility index (Phi) is 6.21. The summed E-state index contributed by atoms with van der Waals surface area (Å²) in [5, 5.41) is 5.59. The average Bonchev–Trinajstić information content (AvgIpc) is 3.07. The molecule has 0 saturated carbocycles. The third-order valence-electron chi connectivity index (χ3n) is 4.54. The van der Waals surface area contributed by atoms with E-state index in [-0.39, 0.29) is 11.8 Å². The predicted octanol–water partition coefficient (Wildman–Crippen LogP) is 1.63. The first-order valence-corrected chi connectivity index (χ1v) is 8.32. The van der Waals surface area contributed by atoms with Crippen LogP contribution in [0.2, 0.25) is 0 Å². The number of rotatable bonds is 6. The lowest BCUT2D eigenvalue weighted by atomic mass is 9.98. The number of nitrogens with zero attached hydrogens (tertiary/aromatic N) is 1. The van der Waals surface area contributed by atoms with E-state index in [9.17, 15) is 9.59 Å². The van der Waals surface area contributed by atoms with Crippen LogP contribution in [0.25, 0.3) is 0 Å². The summed E-state index contributed by atoms with van der Waals surface area (Å²) in [6.45, 7) is 8.87. The molecule has 1 saturated heterocycles. The first-order chi connectivity index (χ1) is 11.0. The van der Waals surface area contributed by atoms with Gasteiger partial charge < -0.3 is 15.1 Å². The van der Waals surface area contributed by atoms with Crippen LogP contribution in [0.3, 0.4) is 0 Å². The summed E-state index contributed by atoms with van der Waals surface area (Å²) in [7, 11) is 0. The van der Waals surface area contributed by atoms with Crippen molar-refractivity contribution < 1.29 is 14.0 Å². The molecule has 0 aromatic carbocycles. The van der Waals surface area contributed by atoms with E-state index < -0.39 is 6.04 Å². The van der Waals surface area contributed by atoms with E-state index in [0.717, 1.165) is 19.0 Å². The number of likely N-dealkylation sites (tertiary alicyclic amines) is 1. The number of carbonyl (C=O) groups is 2. The molecule has 2 N–H and O–H groups in total. The fourth-order valence-corrected chi connectivity index (χ4v) is 2.74. The number of hydrogen-bond donors (Lipinski definition) is 2. The zero-order chi connectivity index (χ0) is 16.8. The molecule has 2 atom stereocenters. The second-order valence-corrected chi connectivity index (χ2v) is 6.52. The highest BCUT2D eigenvalue weighted by Crippen LogP contribution is 2.17. The van der Waals surface area contributed by atoms with Gasteiger partial charge in [-0.2, -0.15) is 0 Å². The van der Waals surface area contributed by atoms with Gasteiger partial charge in [0.2, 0.25) is 5.91 Å². The summed E-state index contributed by atoms with van der Waals surface area (Å²) < 4.78 is 4.86. The second kappa shape index (κ2) is 8.15. The maximum Gasteiger partial charge on any atom is 0.255 e. The molecule has 23 heavy (non-hydrogen) atoms. The minimum absolute atomic E-state index is 0.168. The molecule has 0 bridgehead atoms. The summed E-state index contributed by atoms with van der Waals surface area (Å²) in [4.78, 5) is 26.4. The number of amides is 2. The van der Waals surface area contributed by atoms with E-state index in [1.54, 1.807) is 13.0 Å². The molecule has 6 nitrogen and oxygen atoms in total. The van der Waals surface area contributed by atoms with Crippen LogP contribution < -0.4 is 10.6 Å². The lowest BCUT2D eigenvalue weighted by Crippen LogP contribution is -2.50. The quantitative estimate of drug-likeness (QED) is 0.835. The number of furan rings is 1. The minimum atomic E-state index is -0.578. The molecule has 6 heteroatoms. The molecular formula is C17H27N3O3. The van der Waals surface area contributed by atoms with Gasteiger partial charge in [-0.05, 0) is 51.8 Å². The SMILES string of the molecule is CC1CCN([C@@H](C)CNC(=O)[C@@H](C)NC(=O)c2ccoc2)CC1. The highest BCUT2D eigenvalue weighted by Gasteiger charge is 2.22. The van der Waals surface area contributed by atoms with Crippen molar-refractivity contribution in [1.29, 1.82) is 0 Å². The Balaban J connectivity index is 1.72. The zero-order valence-electron chi connectivity index (χ0n) is 14.2. The van der Waals surface area contributed by atoms with Gasteiger partial charge >= 0.3 is 0 Å². The van der Waals surface area contributed by atoms with Gasteiger partial charge in [-0.1, -0.05) is 6.92 Å². The lowest BCUT2D eigenvalue weighted by Gasteiger charge is -2.35. The first kappa shape index (κ1) is 17.5. The van der Waals surface area contributed by atoms with Crippen molar-refractivity contribution >= 4 is 11.8 Å². The maximum atomic E-state index is 12.1. The Morgan fingerprint density at radius 2 is 2.04 bits per heavy atom. The van der Waals surface area contributed by atoms with E-state index in [1.807, 2.05) is 0 Å². The van der Waals surface area contributed by atoms with Crippen LogP contribution in [0.15, 0.2) is 23.0 Å². The number of carbonyl (C=O) groups excluding carboxylic acids is 2. The Bertz CT molecular complexity index is 507. The maximum absolute atomic E-state index is 12.1. The molecule has 1 aromatic heterocycles. The smallest absolute Gasteiger partial charge is 0.255 e. The van der Waals surface area contributed by atoms with Crippen molar-refractivity contribution in [3.63, 3.8) is 0 Å². The highest BCUT2D eigenvalue weighted by molar-refractivity contribution is 5.97. The van der Waals surface area contributed by atoms with Gasteiger partial charge in [0.25, 0.3) is 5.91 Å². The van der Waals surface area contributed by atoms with Gasteiger partial charge in [-0.15, -0.1) is 0 Å². The molecule has 0 spiro atoms. The molecule has 0 aliphatic carbocycles. The normalized spacial score (nSPS) is 19.1. The summed E-state index contributed by atoms with van der Waals surface area (Å²) in [6, 6.07) is 1.30. The van der Waals surface area contributed by atoms with Crippen LogP contribution in [0, 0.1) is 5.92 Å². The number of piperidine rings is 1. The Labute approximate surface area is 137 Å². The van der Waals surface area contributed by atoms with E-state index in [1.165, 1.54) is 25.4 Å². The molecule has 2 heterocycles. The van der Waals surface area contributed by atoms with Crippen LogP contribution in [0.5, 0.6) is 0 Å². The van der Waals surface area contributed by atoms with Crippen LogP contribution in [0.4, 0.5) is 0 Å². The molecular weight excluding hydrogens is 294 g/mol. The number of hydrogen-bond acceptors (Lipinski definition) is 4. The highest BCUT2D eigenvalue weighted by atomic mass is 16.3. The van der Waals surface area contributed by atoms with E-state index in [0.29, 0.717) is 18.2 Å².